The quantitative estimate of drug-likeness (QED) is 0.926. The van der Waals surface area contributed by atoms with Crippen molar-refractivity contribution in [3.63, 3.8) is 0 Å². The summed E-state index contributed by atoms with van der Waals surface area (Å²) in [6.45, 7) is 9.59. The Labute approximate surface area is 127 Å². The van der Waals surface area contributed by atoms with Crippen molar-refractivity contribution >= 4 is 0 Å². The molecular weight excluding hydrogens is 262 g/mol. The van der Waals surface area contributed by atoms with E-state index in [-0.39, 0.29) is 0 Å². The van der Waals surface area contributed by atoms with Crippen LogP contribution < -0.4 is 5.32 Å². The molecule has 0 radical (unpaired) electrons. The lowest BCUT2D eigenvalue weighted by molar-refractivity contribution is 0.185. The Hall–Kier alpha value is -1.00. The van der Waals surface area contributed by atoms with Crippen LogP contribution in [0.2, 0.25) is 0 Å². The van der Waals surface area contributed by atoms with Crippen LogP contribution in [0.1, 0.15) is 56.7 Å². The van der Waals surface area contributed by atoms with Crippen LogP contribution >= 0.6 is 0 Å². The molecule has 1 N–H and O–H groups in total. The largest absolute Gasteiger partial charge is 0.381 e. The van der Waals surface area contributed by atoms with Crippen LogP contribution in [-0.4, -0.2) is 29.7 Å². The maximum absolute atomic E-state index is 5.46. The van der Waals surface area contributed by atoms with Gasteiger partial charge in [-0.1, -0.05) is 20.8 Å². The topological polar surface area (TPSA) is 47.0 Å². The van der Waals surface area contributed by atoms with E-state index in [9.17, 15) is 0 Å². The Balaban J connectivity index is 1.82. The molecule has 1 fully saturated rings. The summed E-state index contributed by atoms with van der Waals surface area (Å²) in [4.78, 5) is 9.53. The lowest BCUT2D eigenvalue weighted by Gasteiger charge is -2.36. The van der Waals surface area contributed by atoms with Crippen LogP contribution in [0.25, 0.3) is 0 Å². The molecule has 0 saturated carbocycles. The maximum Gasteiger partial charge on any atom is 0.128 e. The van der Waals surface area contributed by atoms with Crippen molar-refractivity contribution in [2.45, 2.75) is 52.5 Å². The van der Waals surface area contributed by atoms with Gasteiger partial charge in [0.25, 0.3) is 0 Å². The molecule has 4 heteroatoms. The molecule has 0 amide bonds. The fourth-order valence-electron chi connectivity index (χ4n) is 3.62. The van der Waals surface area contributed by atoms with Gasteiger partial charge in [-0.25, -0.2) is 9.97 Å². The second-order valence-electron chi connectivity index (χ2n) is 7.28. The van der Waals surface area contributed by atoms with E-state index in [1.165, 1.54) is 11.3 Å². The lowest BCUT2D eigenvalue weighted by Crippen LogP contribution is -2.34. The van der Waals surface area contributed by atoms with Crippen molar-refractivity contribution < 1.29 is 4.74 Å². The van der Waals surface area contributed by atoms with Crippen LogP contribution in [-0.2, 0) is 17.6 Å². The Bertz CT molecular complexity index is 495. The zero-order valence-corrected chi connectivity index (χ0v) is 13.5. The highest BCUT2D eigenvalue weighted by Crippen LogP contribution is 2.39. The van der Waals surface area contributed by atoms with Gasteiger partial charge in [0, 0.05) is 43.1 Å². The molecule has 1 saturated heterocycles. The molecule has 1 aliphatic carbocycles. The summed E-state index contributed by atoms with van der Waals surface area (Å²) < 4.78 is 5.46. The molecule has 2 aliphatic rings. The Kier molecular flexibility index (Phi) is 4.27. The van der Waals surface area contributed by atoms with Gasteiger partial charge in [-0.2, -0.15) is 0 Å². The van der Waals surface area contributed by atoms with Gasteiger partial charge in [0.15, 0.2) is 0 Å². The van der Waals surface area contributed by atoms with Gasteiger partial charge in [-0.3, -0.25) is 0 Å². The smallest absolute Gasteiger partial charge is 0.128 e. The van der Waals surface area contributed by atoms with E-state index >= 15 is 0 Å². The average molecular weight is 289 g/mol. The molecule has 1 aliphatic heterocycles. The lowest BCUT2D eigenvalue weighted by atomic mass is 9.74. The summed E-state index contributed by atoms with van der Waals surface area (Å²) in [5.41, 5.74) is 2.87. The van der Waals surface area contributed by atoms with Gasteiger partial charge in [0.1, 0.15) is 5.82 Å². The molecule has 21 heavy (non-hydrogen) atoms. The summed E-state index contributed by atoms with van der Waals surface area (Å²) in [5, 5.41) is 3.59. The minimum absolute atomic E-state index is 0.307. The molecule has 2 atom stereocenters. The molecule has 116 valence electrons. The van der Waals surface area contributed by atoms with E-state index in [1.54, 1.807) is 0 Å². The van der Waals surface area contributed by atoms with Crippen LogP contribution in [0.15, 0.2) is 6.20 Å². The fraction of sp³-hybridized carbons (Fsp3) is 0.765. The number of fused-ring (bicyclic) bond motifs is 1. The normalized spacial score (nSPS) is 27.6. The van der Waals surface area contributed by atoms with Gasteiger partial charge in [0.2, 0.25) is 0 Å². The highest BCUT2D eigenvalue weighted by molar-refractivity contribution is 5.26. The Morgan fingerprint density at radius 2 is 2.29 bits per heavy atom. The minimum atomic E-state index is 0.307. The number of nitrogens with one attached hydrogen (secondary N) is 1. The molecular formula is C17H27N3O. The average Bonchev–Trinajstić information content (AvgIpc) is 2.90. The second kappa shape index (κ2) is 6.01. The van der Waals surface area contributed by atoms with Crippen molar-refractivity contribution in [1.82, 2.24) is 15.3 Å². The number of aromatic nitrogens is 2. The maximum atomic E-state index is 5.46. The summed E-state index contributed by atoms with van der Waals surface area (Å²) >= 11 is 0. The van der Waals surface area contributed by atoms with Gasteiger partial charge in [-0.15, -0.1) is 0 Å². The van der Waals surface area contributed by atoms with Gasteiger partial charge in [0.05, 0.1) is 0 Å². The zero-order valence-electron chi connectivity index (χ0n) is 13.5. The van der Waals surface area contributed by atoms with Crippen LogP contribution in [0, 0.1) is 11.3 Å². The monoisotopic (exact) mass is 289 g/mol. The standard InChI is InChI=1S/C17H27N3O/c1-4-18-14-8-17(2,3)9-15-13(14)10-19-16(20-15)7-12-5-6-21-11-12/h10,12,14,18H,4-9,11H2,1-3H3. The first-order valence-electron chi connectivity index (χ1n) is 8.23. The third-order valence-corrected chi connectivity index (χ3v) is 4.67. The van der Waals surface area contributed by atoms with E-state index in [4.69, 9.17) is 9.72 Å². The zero-order chi connectivity index (χ0) is 14.9. The molecule has 1 aromatic heterocycles. The number of ether oxygens (including phenoxy) is 1. The molecule has 0 aromatic carbocycles. The van der Waals surface area contributed by atoms with Crippen molar-refractivity contribution in [2.24, 2.45) is 11.3 Å². The minimum Gasteiger partial charge on any atom is -0.381 e. The molecule has 2 heterocycles. The Morgan fingerprint density at radius 3 is 3.00 bits per heavy atom. The highest BCUT2D eigenvalue weighted by atomic mass is 16.5. The van der Waals surface area contributed by atoms with Gasteiger partial charge >= 0.3 is 0 Å². The molecule has 0 spiro atoms. The number of hydrogen-bond acceptors (Lipinski definition) is 4. The highest BCUT2D eigenvalue weighted by Gasteiger charge is 2.33. The number of rotatable bonds is 4. The summed E-state index contributed by atoms with van der Waals surface area (Å²) in [7, 11) is 0. The van der Waals surface area contributed by atoms with Crippen molar-refractivity contribution in [1.29, 1.82) is 0 Å². The summed E-state index contributed by atoms with van der Waals surface area (Å²) in [6.07, 6.45) is 6.38. The number of nitrogens with zero attached hydrogens (tertiary/aromatic N) is 2. The van der Waals surface area contributed by atoms with Crippen molar-refractivity contribution in [2.75, 3.05) is 19.8 Å². The van der Waals surface area contributed by atoms with E-state index in [0.717, 1.165) is 51.3 Å². The first kappa shape index (κ1) is 14.9. The SMILES string of the molecule is CCNC1CC(C)(C)Cc2nc(CC3CCOC3)ncc21. The predicted molar refractivity (Wildman–Crippen MR) is 83.2 cm³/mol. The van der Waals surface area contributed by atoms with Crippen LogP contribution in [0.3, 0.4) is 0 Å². The third kappa shape index (κ3) is 3.43. The summed E-state index contributed by atoms with van der Waals surface area (Å²) in [5.74, 6) is 1.60. The molecule has 1 aromatic rings. The van der Waals surface area contributed by atoms with E-state index in [2.05, 4.69) is 37.3 Å². The molecule has 0 bridgehead atoms. The van der Waals surface area contributed by atoms with E-state index < -0.39 is 0 Å². The molecule has 2 unspecified atom stereocenters. The summed E-state index contributed by atoms with van der Waals surface area (Å²) in [6, 6.07) is 0.401. The van der Waals surface area contributed by atoms with E-state index in [1.807, 2.05) is 0 Å². The van der Waals surface area contributed by atoms with Gasteiger partial charge in [-0.05, 0) is 37.1 Å². The third-order valence-electron chi connectivity index (χ3n) is 4.67. The fourth-order valence-corrected chi connectivity index (χ4v) is 3.62. The van der Waals surface area contributed by atoms with Gasteiger partial charge < -0.3 is 10.1 Å². The van der Waals surface area contributed by atoms with Crippen molar-refractivity contribution in [3.8, 4) is 0 Å². The Morgan fingerprint density at radius 1 is 1.43 bits per heavy atom. The predicted octanol–water partition coefficient (Wildman–Crippen LogP) is 2.68. The van der Waals surface area contributed by atoms with Crippen LogP contribution in [0.4, 0.5) is 0 Å². The molecule has 3 rings (SSSR count). The number of hydrogen-bond donors (Lipinski definition) is 1. The first-order valence-corrected chi connectivity index (χ1v) is 8.23. The second-order valence-corrected chi connectivity index (χ2v) is 7.28. The van der Waals surface area contributed by atoms with Crippen LogP contribution in [0.5, 0.6) is 0 Å². The van der Waals surface area contributed by atoms with Crippen molar-refractivity contribution in [3.05, 3.63) is 23.3 Å². The first-order chi connectivity index (χ1) is 10.1. The molecule has 4 nitrogen and oxygen atoms in total. The van der Waals surface area contributed by atoms with E-state index in [0.29, 0.717) is 17.4 Å².